The van der Waals surface area contributed by atoms with Crippen LogP contribution in [0.2, 0.25) is 0 Å². The van der Waals surface area contributed by atoms with E-state index in [1.165, 1.54) is 32.1 Å². The number of Topliss-reactive ketones (excluding diaryl/α,β-unsaturated/α-hetero) is 1. The van der Waals surface area contributed by atoms with E-state index in [2.05, 4.69) is 27.7 Å². The maximum absolute atomic E-state index is 12.3. The fourth-order valence-corrected chi connectivity index (χ4v) is 3.19. The van der Waals surface area contributed by atoms with Crippen molar-refractivity contribution in [3.05, 3.63) is 0 Å². The summed E-state index contributed by atoms with van der Waals surface area (Å²) >= 11 is 0. The lowest BCUT2D eigenvalue weighted by atomic mass is 9.77. The molecule has 0 unspecified atom stereocenters. The average Bonchev–Trinajstić information content (AvgIpc) is 2.28. The average molecular weight is 238 g/mol. The highest BCUT2D eigenvalue weighted by Gasteiger charge is 2.26. The zero-order valence-corrected chi connectivity index (χ0v) is 12.2. The number of rotatable bonds is 6. The molecule has 0 aliphatic heterocycles. The molecule has 1 atom stereocenters. The lowest BCUT2D eigenvalue weighted by Crippen LogP contribution is -2.25. The van der Waals surface area contributed by atoms with Crippen LogP contribution in [0.3, 0.4) is 0 Å². The Morgan fingerprint density at radius 1 is 1.06 bits per heavy atom. The first-order valence-electron chi connectivity index (χ1n) is 7.54. The Labute approximate surface area is 107 Å². The van der Waals surface area contributed by atoms with Crippen LogP contribution in [0.5, 0.6) is 0 Å². The zero-order valence-electron chi connectivity index (χ0n) is 12.2. The molecule has 1 rings (SSSR count). The predicted molar refractivity (Wildman–Crippen MR) is 74.0 cm³/mol. The van der Waals surface area contributed by atoms with Crippen molar-refractivity contribution in [2.24, 2.45) is 23.7 Å². The van der Waals surface area contributed by atoms with Gasteiger partial charge in [0.1, 0.15) is 5.78 Å². The number of carbonyl (C=O) groups excluding carboxylic acids is 1. The summed E-state index contributed by atoms with van der Waals surface area (Å²) < 4.78 is 0. The van der Waals surface area contributed by atoms with Crippen LogP contribution in [-0.2, 0) is 4.79 Å². The summed E-state index contributed by atoms with van der Waals surface area (Å²) in [5.41, 5.74) is 0. The van der Waals surface area contributed by atoms with E-state index in [1.54, 1.807) is 0 Å². The maximum Gasteiger partial charge on any atom is 0.138 e. The van der Waals surface area contributed by atoms with Crippen LogP contribution in [0.1, 0.15) is 72.6 Å². The molecule has 1 saturated carbocycles. The molecule has 0 bridgehead atoms. The summed E-state index contributed by atoms with van der Waals surface area (Å²) in [6, 6.07) is 0. The van der Waals surface area contributed by atoms with Gasteiger partial charge in [-0.05, 0) is 24.7 Å². The first kappa shape index (κ1) is 14.7. The van der Waals surface area contributed by atoms with E-state index in [4.69, 9.17) is 0 Å². The molecule has 0 heterocycles. The molecule has 0 amide bonds. The van der Waals surface area contributed by atoms with Gasteiger partial charge in [0.05, 0.1) is 0 Å². The monoisotopic (exact) mass is 238 g/mol. The van der Waals surface area contributed by atoms with Gasteiger partial charge < -0.3 is 0 Å². The Balaban J connectivity index is 2.52. The van der Waals surface area contributed by atoms with E-state index in [0.717, 1.165) is 18.8 Å². The van der Waals surface area contributed by atoms with Gasteiger partial charge in [0.2, 0.25) is 0 Å². The highest BCUT2D eigenvalue weighted by atomic mass is 16.1. The zero-order chi connectivity index (χ0) is 12.8. The molecule has 1 aliphatic carbocycles. The van der Waals surface area contributed by atoms with Gasteiger partial charge in [-0.2, -0.15) is 0 Å². The number of carbonyl (C=O) groups is 1. The third-order valence-electron chi connectivity index (χ3n) is 4.07. The van der Waals surface area contributed by atoms with E-state index < -0.39 is 0 Å². The smallest absolute Gasteiger partial charge is 0.138 e. The van der Waals surface area contributed by atoms with E-state index in [0.29, 0.717) is 17.6 Å². The third kappa shape index (κ3) is 5.23. The number of hydrogen-bond donors (Lipinski definition) is 0. The highest BCUT2D eigenvalue weighted by Crippen LogP contribution is 2.32. The molecule has 0 spiro atoms. The summed E-state index contributed by atoms with van der Waals surface area (Å²) in [5.74, 6) is 2.52. The second-order valence-electron chi connectivity index (χ2n) is 6.62. The molecule has 0 aromatic heterocycles. The number of ketones is 1. The summed E-state index contributed by atoms with van der Waals surface area (Å²) in [7, 11) is 0. The lowest BCUT2D eigenvalue weighted by Gasteiger charge is -2.27. The molecule has 0 saturated heterocycles. The van der Waals surface area contributed by atoms with Crippen LogP contribution in [0.25, 0.3) is 0 Å². The summed E-state index contributed by atoms with van der Waals surface area (Å²) in [6.45, 7) is 8.58. The quantitative estimate of drug-likeness (QED) is 0.647. The molecule has 1 nitrogen and oxygen atoms in total. The maximum atomic E-state index is 12.3. The van der Waals surface area contributed by atoms with Crippen LogP contribution in [0.4, 0.5) is 0 Å². The topological polar surface area (TPSA) is 17.1 Å². The molecular weight excluding hydrogens is 208 g/mol. The summed E-state index contributed by atoms with van der Waals surface area (Å²) in [4.78, 5) is 12.3. The van der Waals surface area contributed by atoms with Gasteiger partial charge in [0.25, 0.3) is 0 Å². The minimum absolute atomic E-state index is 0.211. The van der Waals surface area contributed by atoms with Crippen LogP contribution in [-0.4, -0.2) is 5.78 Å². The van der Waals surface area contributed by atoms with E-state index in [-0.39, 0.29) is 5.92 Å². The minimum atomic E-state index is 0.211. The fourth-order valence-electron chi connectivity index (χ4n) is 3.19. The first-order valence-corrected chi connectivity index (χ1v) is 7.54. The molecule has 1 fully saturated rings. The summed E-state index contributed by atoms with van der Waals surface area (Å²) in [6.07, 6.45) is 9.15. The van der Waals surface area contributed by atoms with Crippen molar-refractivity contribution in [3.8, 4) is 0 Å². The first-order chi connectivity index (χ1) is 8.00. The Hall–Kier alpha value is -0.330. The Bertz CT molecular complexity index is 224. The van der Waals surface area contributed by atoms with Gasteiger partial charge in [-0.25, -0.2) is 0 Å². The molecule has 0 aromatic rings. The van der Waals surface area contributed by atoms with Crippen LogP contribution in [0.15, 0.2) is 0 Å². The van der Waals surface area contributed by atoms with E-state index in [9.17, 15) is 4.79 Å². The Kier molecular flexibility index (Phi) is 6.22. The van der Waals surface area contributed by atoms with Crippen molar-refractivity contribution in [2.75, 3.05) is 0 Å². The summed E-state index contributed by atoms with van der Waals surface area (Å²) in [5, 5.41) is 0. The molecule has 1 aliphatic rings. The van der Waals surface area contributed by atoms with Crippen LogP contribution >= 0.6 is 0 Å². The van der Waals surface area contributed by atoms with Gasteiger partial charge in [0.15, 0.2) is 0 Å². The van der Waals surface area contributed by atoms with Crippen molar-refractivity contribution in [2.45, 2.75) is 72.6 Å². The van der Waals surface area contributed by atoms with Gasteiger partial charge in [-0.1, -0.05) is 59.8 Å². The van der Waals surface area contributed by atoms with Gasteiger partial charge in [-0.3, -0.25) is 4.79 Å². The standard InChI is InChI=1S/C16H30O/c1-12(2)10-15(16(17)13(3)4)11-14-8-6-5-7-9-14/h12-15H,5-11H2,1-4H3/t15-/m0/s1. The largest absolute Gasteiger partial charge is 0.299 e. The fraction of sp³-hybridized carbons (Fsp3) is 0.938. The predicted octanol–water partition coefficient (Wildman–Crippen LogP) is 4.84. The van der Waals surface area contributed by atoms with Crippen molar-refractivity contribution >= 4 is 5.78 Å². The molecule has 100 valence electrons. The van der Waals surface area contributed by atoms with Gasteiger partial charge in [-0.15, -0.1) is 0 Å². The molecule has 0 radical (unpaired) electrons. The molecule has 17 heavy (non-hydrogen) atoms. The molecule has 0 aromatic carbocycles. The number of hydrogen-bond acceptors (Lipinski definition) is 1. The highest BCUT2D eigenvalue weighted by molar-refractivity contribution is 5.82. The molecular formula is C16H30O. The van der Waals surface area contributed by atoms with Crippen molar-refractivity contribution in [1.29, 1.82) is 0 Å². The van der Waals surface area contributed by atoms with Gasteiger partial charge in [0, 0.05) is 11.8 Å². The Morgan fingerprint density at radius 2 is 1.65 bits per heavy atom. The molecule has 0 N–H and O–H groups in total. The van der Waals surface area contributed by atoms with E-state index in [1.807, 2.05) is 0 Å². The van der Waals surface area contributed by atoms with Gasteiger partial charge >= 0.3 is 0 Å². The van der Waals surface area contributed by atoms with Crippen LogP contribution < -0.4 is 0 Å². The SMILES string of the molecule is CC(C)C[C@@H](CC1CCCCC1)C(=O)C(C)C. The van der Waals surface area contributed by atoms with Crippen molar-refractivity contribution in [1.82, 2.24) is 0 Å². The third-order valence-corrected chi connectivity index (χ3v) is 4.07. The van der Waals surface area contributed by atoms with Crippen molar-refractivity contribution in [3.63, 3.8) is 0 Å². The second kappa shape index (κ2) is 7.18. The lowest BCUT2D eigenvalue weighted by molar-refractivity contribution is -0.127. The minimum Gasteiger partial charge on any atom is -0.299 e. The van der Waals surface area contributed by atoms with Crippen molar-refractivity contribution < 1.29 is 4.79 Å². The second-order valence-corrected chi connectivity index (χ2v) is 6.62. The van der Waals surface area contributed by atoms with E-state index >= 15 is 0 Å². The normalized spacial score (nSPS) is 19.9. The molecule has 1 heteroatoms. The van der Waals surface area contributed by atoms with Crippen LogP contribution in [0, 0.1) is 23.7 Å². The Morgan fingerprint density at radius 3 is 2.12 bits per heavy atom.